The summed E-state index contributed by atoms with van der Waals surface area (Å²) < 4.78 is 10.8. The summed E-state index contributed by atoms with van der Waals surface area (Å²) in [5.41, 5.74) is 2.37. The van der Waals surface area contributed by atoms with Gasteiger partial charge in [-0.2, -0.15) is 0 Å². The van der Waals surface area contributed by atoms with Crippen LogP contribution in [-0.4, -0.2) is 19.2 Å². The van der Waals surface area contributed by atoms with E-state index in [1.165, 1.54) is 0 Å². The van der Waals surface area contributed by atoms with Crippen LogP contribution < -0.4 is 19.7 Å². The summed E-state index contributed by atoms with van der Waals surface area (Å²) in [4.78, 5) is 15.5. The highest BCUT2D eigenvalue weighted by atomic mass is 35.5. The van der Waals surface area contributed by atoms with Crippen molar-refractivity contribution in [3.63, 3.8) is 0 Å². The van der Waals surface area contributed by atoms with Crippen LogP contribution in [0.25, 0.3) is 0 Å². The second kappa shape index (κ2) is 8.93. The third-order valence-corrected chi connectivity index (χ3v) is 5.05. The van der Waals surface area contributed by atoms with E-state index in [9.17, 15) is 4.79 Å². The number of carbonyl (C=O) groups is 1. The lowest BCUT2D eigenvalue weighted by Gasteiger charge is -2.32. The standard InChI is InChI=1S/C24H21ClN2O3/c1-2-14-27(20-6-4-3-5-7-20)23(17-8-10-18(25)11-9-17)24(28)26-19-12-13-21-22(15-19)30-16-29-21/h2-13,15,23H,1,14,16H2,(H,26,28)/t23-/m0/s1. The number of carbonyl (C=O) groups excluding carboxylic acids is 1. The summed E-state index contributed by atoms with van der Waals surface area (Å²) in [6, 6.07) is 21.8. The summed E-state index contributed by atoms with van der Waals surface area (Å²) in [6.07, 6.45) is 1.78. The van der Waals surface area contributed by atoms with E-state index < -0.39 is 6.04 Å². The highest BCUT2D eigenvalue weighted by Gasteiger charge is 2.28. The fourth-order valence-electron chi connectivity index (χ4n) is 3.42. The number of hydrogen-bond donors (Lipinski definition) is 1. The van der Waals surface area contributed by atoms with E-state index >= 15 is 0 Å². The van der Waals surface area contributed by atoms with Crippen LogP contribution in [0.3, 0.4) is 0 Å². The summed E-state index contributed by atoms with van der Waals surface area (Å²) in [6.45, 7) is 4.55. The Morgan fingerprint density at radius 3 is 2.53 bits per heavy atom. The average Bonchev–Trinajstić information content (AvgIpc) is 3.23. The molecule has 0 saturated carbocycles. The Hall–Kier alpha value is -3.44. The molecule has 0 aliphatic carbocycles. The number of para-hydroxylation sites is 1. The van der Waals surface area contributed by atoms with Crippen molar-refractivity contribution in [3.8, 4) is 11.5 Å². The predicted molar refractivity (Wildman–Crippen MR) is 119 cm³/mol. The maximum Gasteiger partial charge on any atom is 0.251 e. The Bertz CT molecular complexity index is 1040. The van der Waals surface area contributed by atoms with Crippen LogP contribution in [0.15, 0.2) is 85.5 Å². The predicted octanol–water partition coefficient (Wildman–Crippen LogP) is 5.44. The molecule has 1 atom stereocenters. The fourth-order valence-corrected chi connectivity index (χ4v) is 3.55. The Labute approximate surface area is 180 Å². The van der Waals surface area contributed by atoms with Crippen molar-refractivity contribution in [2.24, 2.45) is 0 Å². The number of amides is 1. The lowest BCUT2D eigenvalue weighted by atomic mass is 10.0. The minimum absolute atomic E-state index is 0.179. The smallest absolute Gasteiger partial charge is 0.251 e. The van der Waals surface area contributed by atoms with E-state index in [1.807, 2.05) is 47.4 Å². The number of halogens is 1. The molecule has 0 saturated heterocycles. The maximum absolute atomic E-state index is 13.5. The number of nitrogens with one attached hydrogen (secondary N) is 1. The molecule has 1 aliphatic heterocycles. The number of fused-ring (bicyclic) bond motifs is 1. The number of benzene rings is 3. The topological polar surface area (TPSA) is 50.8 Å². The Kier molecular flexibility index (Phi) is 5.91. The van der Waals surface area contributed by atoms with Gasteiger partial charge in [0, 0.05) is 29.0 Å². The summed E-state index contributed by atoms with van der Waals surface area (Å²) in [5.74, 6) is 1.10. The molecule has 1 heterocycles. The van der Waals surface area contributed by atoms with Crippen molar-refractivity contribution >= 4 is 28.9 Å². The molecular formula is C24H21ClN2O3. The molecule has 6 heteroatoms. The SMILES string of the molecule is C=CCN(c1ccccc1)[C@H](C(=O)Nc1ccc2c(c1)OCO2)c1ccc(Cl)cc1. The number of rotatable bonds is 7. The zero-order chi connectivity index (χ0) is 20.9. The van der Waals surface area contributed by atoms with E-state index in [0.29, 0.717) is 28.8 Å². The molecule has 5 nitrogen and oxygen atoms in total. The lowest BCUT2D eigenvalue weighted by molar-refractivity contribution is -0.117. The number of ether oxygens (including phenoxy) is 2. The first kappa shape index (κ1) is 19.9. The molecule has 3 aromatic rings. The fraction of sp³-hybridized carbons (Fsp3) is 0.125. The largest absolute Gasteiger partial charge is 0.454 e. The second-order valence-corrected chi connectivity index (χ2v) is 7.22. The summed E-state index contributed by atoms with van der Waals surface area (Å²) in [5, 5.41) is 3.62. The van der Waals surface area contributed by atoms with Crippen molar-refractivity contribution < 1.29 is 14.3 Å². The van der Waals surface area contributed by atoms with Crippen LogP contribution in [0.4, 0.5) is 11.4 Å². The van der Waals surface area contributed by atoms with Crippen LogP contribution in [0.1, 0.15) is 11.6 Å². The number of nitrogens with zero attached hydrogens (tertiary/aromatic N) is 1. The zero-order valence-corrected chi connectivity index (χ0v) is 17.0. The van der Waals surface area contributed by atoms with E-state index in [4.69, 9.17) is 21.1 Å². The van der Waals surface area contributed by atoms with Gasteiger partial charge in [-0.1, -0.05) is 48.0 Å². The van der Waals surface area contributed by atoms with Crippen LogP contribution in [0, 0.1) is 0 Å². The van der Waals surface area contributed by atoms with Gasteiger partial charge in [-0.25, -0.2) is 0 Å². The first-order chi connectivity index (χ1) is 14.7. The molecule has 1 aliphatic rings. The van der Waals surface area contributed by atoms with Gasteiger partial charge in [0.15, 0.2) is 11.5 Å². The zero-order valence-electron chi connectivity index (χ0n) is 16.3. The van der Waals surface area contributed by atoms with Gasteiger partial charge in [-0.15, -0.1) is 6.58 Å². The monoisotopic (exact) mass is 420 g/mol. The van der Waals surface area contributed by atoms with Gasteiger partial charge >= 0.3 is 0 Å². The van der Waals surface area contributed by atoms with E-state index in [1.54, 1.807) is 36.4 Å². The molecule has 0 unspecified atom stereocenters. The lowest BCUT2D eigenvalue weighted by Crippen LogP contribution is -2.37. The molecule has 0 fully saturated rings. The highest BCUT2D eigenvalue weighted by molar-refractivity contribution is 6.30. The van der Waals surface area contributed by atoms with Gasteiger partial charge in [0.25, 0.3) is 5.91 Å². The van der Waals surface area contributed by atoms with E-state index in [-0.39, 0.29) is 12.7 Å². The van der Waals surface area contributed by atoms with Gasteiger partial charge in [0.2, 0.25) is 6.79 Å². The molecule has 30 heavy (non-hydrogen) atoms. The van der Waals surface area contributed by atoms with Crippen LogP contribution in [0.2, 0.25) is 5.02 Å². The van der Waals surface area contributed by atoms with Crippen molar-refractivity contribution in [2.45, 2.75) is 6.04 Å². The average molecular weight is 421 g/mol. The molecular weight excluding hydrogens is 400 g/mol. The van der Waals surface area contributed by atoms with Crippen LogP contribution in [0.5, 0.6) is 11.5 Å². The maximum atomic E-state index is 13.5. The van der Waals surface area contributed by atoms with Crippen molar-refractivity contribution in [1.82, 2.24) is 0 Å². The first-order valence-electron chi connectivity index (χ1n) is 9.54. The van der Waals surface area contributed by atoms with Gasteiger partial charge in [-0.3, -0.25) is 4.79 Å². The first-order valence-corrected chi connectivity index (χ1v) is 9.92. The molecule has 4 rings (SSSR count). The Balaban J connectivity index is 1.69. The molecule has 1 N–H and O–H groups in total. The molecule has 1 amide bonds. The normalized spacial score (nSPS) is 12.8. The van der Waals surface area contributed by atoms with Crippen LogP contribution >= 0.6 is 11.6 Å². The second-order valence-electron chi connectivity index (χ2n) is 6.79. The molecule has 0 bridgehead atoms. The summed E-state index contributed by atoms with van der Waals surface area (Å²) in [7, 11) is 0. The Morgan fingerprint density at radius 2 is 1.80 bits per heavy atom. The molecule has 0 radical (unpaired) electrons. The van der Waals surface area contributed by atoms with Gasteiger partial charge in [-0.05, 0) is 42.0 Å². The van der Waals surface area contributed by atoms with E-state index in [0.717, 1.165) is 11.3 Å². The van der Waals surface area contributed by atoms with Gasteiger partial charge < -0.3 is 19.7 Å². The third-order valence-electron chi connectivity index (χ3n) is 4.80. The minimum atomic E-state index is -0.590. The molecule has 152 valence electrons. The van der Waals surface area contributed by atoms with E-state index in [2.05, 4.69) is 11.9 Å². The van der Waals surface area contributed by atoms with Gasteiger partial charge in [0.1, 0.15) is 6.04 Å². The van der Waals surface area contributed by atoms with Gasteiger partial charge in [0.05, 0.1) is 0 Å². The number of hydrogen-bond acceptors (Lipinski definition) is 4. The Morgan fingerprint density at radius 1 is 1.07 bits per heavy atom. The summed E-state index contributed by atoms with van der Waals surface area (Å²) >= 11 is 6.08. The minimum Gasteiger partial charge on any atom is -0.454 e. The highest BCUT2D eigenvalue weighted by Crippen LogP contribution is 2.35. The third kappa shape index (κ3) is 4.26. The molecule has 0 aromatic heterocycles. The van der Waals surface area contributed by atoms with Crippen molar-refractivity contribution in [3.05, 3.63) is 96.0 Å². The van der Waals surface area contributed by atoms with Crippen LogP contribution in [-0.2, 0) is 4.79 Å². The molecule has 0 spiro atoms. The van der Waals surface area contributed by atoms with Crippen molar-refractivity contribution in [2.75, 3.05) is 23.6 Å². The molecule has 3 aromatic carbocycles. The quantitative estimate of drug-likeness (QED) is 0.517. The number of anilines is 2. The van der Waals surface area contributed by atoms with Crippen molar-refractivity contribution in [1.29, 1.82) is 0 Å².